The van der Waals surface area contributed by atoms with E-state index in [0.717, 1.165) is 11.1 Å². The lowest BCUT2D eigenvalue weighted by molar-refractivity contribution is 0.102. The van der Waals surface area contributed by atoms with Crippen LogP contribution in [-0.2, 0) is 7.05 Å². The lowest BCUT2D eigenvalue weighted by atomic mass is 10.1. The number of pyridine rings is 1. The Morgan fingerprint density at radius 3 is 2.59 bits per heavy atom. The van der Waals surface area contributed by atoms with E-state index in [0.29, 0.717) is 16.7 Å². The van der Waals surface area contributed by atoms with E-state index in [2.05, 4.69) is 10.3 Å². The van der Waals surface area contributed by atoms with Gasteiger partial charge in [0, 0.05) is 25.1 Å². The minimum Gasteiger partial charge on any atom is -0.335 e. The van der Waals surface area contributed by atoms with Gasteiger partial charge in [-0.15, -0.1) is 0 Å². The minimum absolute atomic E-state index is 0.0534. The van der Waals surface area contributed by atoms with Crippen LogP contribution in [0.3, 0.4) is 0 Å². The van der Waals surface area contributed by atoms with E-state index < -0.39 is 11.7 Å². The van der Waals surface area contributed by atoms with Crippen LogP contribution in [0.15, 0.2) is 36.7 Å². The summed E-state index contributed by atoms with van der Waals surface area (Å²) in [6.07, 6.45) is 3.07. The van der Waals surface area contributed by atoms with E-state index in [4.69, 9.17) is 0 Å². The van der Waals surface area contributed by atoms with Crippen molar-refractivity contribution in [3.05, 3.63) is 59.2 Å². The average Bonchev–Trinajstić information content (AvgIpc) is 2.77. The van der Waals surface area contributed by atoms with Gasteiger partial charge in [0.1, 0.15) is 11.5 Å². The Balaban J connectivity index is 1.99. The Hall–Kier alpha value is -2.69. The smallest absolute Gasteiger partial charge is 0.260 e. The van der Waals surface area contributed by atoms with Crippen molar-refractivity contribution in [2.75, 3.05) is 5.32 Å². The molecule has 5 heteroatoms. The van der Waals surface area contributed by atoms with E-state index in [1.807, 2.05) is 19.1 Å². The molecule has 0 saturated carbocycles. The van der Waals surface area contributed by atoms with Gasteiger partial charge < -0.3 is 9.88 Å². The first kappa shape index (κ1) is 14.3. The first-order valence-electron chi connectivity index (χ1n) is 6.95. The summed E-state index contributed by atoms with van der Waals surface area (Å²) in [6, 6.07) is 7.33. The van der Waals surface area contributed by atoms with Crippen LogP contribution < -0.4 is 5.32 Å². The zero-order valence-electron chi connectivity index (χ0n) is 12.6. The van der Waals surface area contributed by atoms with Crippen molar-refractivity contribution in [2.24, 2.45) is 7.05 Å². The molecule has 1 aromatic carbocycles. The summed E-state index contributed by atoms with van der Waals surface area (Å²) in [5, 5.41) is 3.08. The molecule has 0 aliphatic rings. The van der Waals surface area contributed by atoms with Gasteiger partial charge >= 0.3 is 0 Å². The number of rotatable bonds is 2. The lowest BCUT2D eigenvalue weighted by Crippen LogP contribution is -2.14. The molecular weight excluding hydrogens is 281 g/mol. The van der Waals surface area contributed by atoms with Crippen molar-refractivity contribution in [3.8, 4) is 0 Å². The van der Waals surface area contributed by atoms with Gasteiger partial charge in [-0.25, -0.2) is 9.37 Å². The highest BCUT2D eigenvalue weighted by Gasteiger charge is 2.19. The highest BCUT2D eigenvalue weighted by Crippen LogP contribution is 2.24. The van der Waals surface area contributed by atoms with Crippen LogP contribution in [-0.4, -0.2) is 15.5 Å². The van der Waals surface area contributed by atoms with E-state index in [1.165, 1.54) is 6.20 Å². The van der Waals surface area contributed by atoms with E-state index in [9.17, 15) is 9.18 Å². The van der Waals surface area contributed by atoms with Crippen molar-refractivity contribution in [1.82, 2.24) is 9.55 Å². The number of hydrogen-bond donors (Lipinski definition) is 1. The highest BCUT2D eigenvalue weighted by molar-refractivity contribution is 6.06. The number of aryl methyl sites for hydroxylation is 3. The van der Waals surface area contributed by atoms with Crippen LogP contribution in [0, 0.1) is 19.7 Å². The van der Waals surface area contributed by atoms with E-state index in [-0.39, 0.29) is 5.56 Å². The minimum atomic E-state index is -0.535. The number of carbonyl (C=O) groups is 1. The lowest BCUT2D eigenvalue weighted by Gasteiger charge is -2.07. The molecule has 0 fully saturated rings. The van der Waals surface area contributed by atoms with Crippen LogP contribution in [0.4, 0.5) is 10.1 Å². The molecule has 0 bridgehead atoms. The second-order valence-electron chi connectivity index (χ2n) is 5.43. The van der Waals surface area contributed by atoms with Crippen LogP contribution in [0.5, 0.6) is 0 Å². The number of anilines is 1. The van der Waals surface area contributed by atoms with Crippen molar-refractivity contribution in [1.29, 1.82) is 0 Å². The SMILES string of the molecule is Cc1ccc(NC(=O)c2cnc3c(c(C)cn3C)c2F)cc1. The Labute approximate surface area is 127 Å². The molecule has 3 aromatic rings. The van der Waals surface area contributed by atoms with Crippen LogP contribution in [0.25, 0.3) is 11.0 Å². The number of halogens is 1. The third-order valence-corrected chi connectivity index (χ3v) is 3.67. The molecule has 0 aliphatic carbocycles. The third-order valence-electron chi connectivity index (χ3n) is 3.67. The largest absolute Gasteiger partial charge is 0.335 e. The summed E-state index contributed by atoms with van der Waals surface area (Å²) in [6.45, 7) is 3.76. The van der Waals surface area contributed by atoms with Gasteiger partial charge in [-0.1, -0.05) is 17.7 Å². The van der Waals surface area contributed by atoms with Crippen LogP contribution in [0.2, 0.25) is 0 Å². The molecule has 0 saturated heterocycles. The summed E-state index contributed by atoms with van der Waals surface area (Å²) in [7, 11) is 1.80. The molecular formula is C17H16FN3O. The third kappa shape index (κ3) is 2.35. The van der Waals surface area contributed by atoms with E-state index in [1.54, 1.807) is 36.9 Å². The summed E-state index contributed by atoms with van der Waals surface area (Å²) in [5.41, 5.74) is 2.95. The molecule has 3 rings (SSSR count). The van der Waals surface area contributed by atoms with Crippen LogP contribution >= 0.6 is 0 Å². The number of nitrogens with one attached hydrogen (secondary N) is 1. The van der Waals surface area contributed by atoms with Gasteiger partial charge in [0.05, 0.1) is 10.9 Å². The maximum absolute atomic E-state index is 14.6. The number of fused-ring (bicyclic) bond motifs is 1. The molecule has 0 atom stereocenters. The zero-order valence-corrected chi connectivity index (χ0v) is 12.6. The normalized spacial score (nSPS) is 10.9. The monoisotopic (exact) mass is 297 g/mol. The molecule has 1 N–H and O–H groups in total. The van der Waals surface area contributed by atoms with Gasteiger partial charge in [0.15, 0.2) is 0 Å². The second kappa shape index (κ2) is 5.26. The molecule has 0 unspecified atom stereocenters. The topological polar surface area (TPSA) is 46.9 Å². The summed E-state index contributed by atoms with van der Waals surface area (Å²) in [4.78, 5) is 16.5. The fraction of sp³-hybridized carbons (Fsp3) is 0.176. The molecule has 2 aromatic heterocycles. The zero-order chi connectivity index (χ0) is 15.9. The van der Waals surface area contributed by atoms with Crippen molar-refractivity contribution < 1.29 is 9.18 Å². The predicted molar refractivity (Wildman–Crippen MR) is 84.5 cm³/mol. The summed E-state index contributed by atoms with van der Waals surface area (Å²) in [5.74, 6) is -1.04. The van der Waals surface area contributed by atoms with Crippen molar-refractivity contribution in [3.63, 3.8) is 0 Å². The molecule has 0 radical (unpaired) electrons. The first-order valence-corrected chi connectivity index (χ1v) is 6.95. The predicted octanol–water partition coefficient (Wildman–Crippen LogP) is 3.58. The van der Waals surface area contributed by atoms with Gasteiger partial charge in [-0.05, 0) is 31.5 Å². The number of benzene rings is 1. The maximum Gasteiger partial charge on any atom is 0.260 e. The molecule has 0 aliphatic heterocycles. The maximum atomic E-state index is 14.6. The molecule has 0 spiro atoms. The van der Waals surface area contributed by atoms with E-state index >= 15 is 0 Å². The Morgan fingerprint density at radius 2 is 1.91 bits per heavy atom. The van der Waals surface area contributed by atoms with Gasteiger partial charge in [0.25, 0.3) is 5.91 Å². The molecule has 4 nitrogen and oxygen atoms in total. The van der Waals surface area contributed by atoms with Crippen molar-refractivity contribution in [2.45, 2.75) is 13.8 Å². The second-order valence-corrected chi connectivity index (χ2v) is 5.43. The molecule has 22 heavy (non-hydrogen) atoms. The quantitative estimate of drug-likeness (QED) is 0.786. The average molecular weight is 297 g/mol. The summed E-state index contributed by atoms with van der Waals surface area (Å²) >= 11 is 0. The summed E-state index contributed by atoms with van der Waals surface area (Å²) < 4.78 is 16.4. The van der Waals surface area contributed by atoms with Gasteiger partial charge in [-0.2, -0.15) is 0 Å². The molecule has 112 valence electrons. The fourth-order valence-electron chi connectivity index (χ4n) is 2.51. The highest BCUT2D eigenvalue weighted by atomic mass is 19.1. The number of aromatic nitrogens is 2. The Kier molecular flexibility index (Phi) is 3.41. The number of nitrogens with zero attached hydrogens (tertiary/aromatic N) is 2. The van der Waals surface area contributed by atoms with Crippen molar-refractivity contribution >= 4 is 22.6 Å². The number of amides is 1. The first-order chi connectivity index (χ1) is 10.5. The number of hydrogen-bond acceptors (Lipinski definition) is 2. The Morgan fingerprint density at radius 1 is 1.23 bits per heavy atom. The standard InChI is InChI=1S/C17H16FN3O/c1-10-4-6-12(7-5-10)20-17(22)13-8-19-16-14(15(13)18)11(2)9-21(16)3/h4-9H,1-3H3,(H,20,22). The van der Waals surface area contributed by atoms with Gasteiger partial charge in [0.2, 0.25) is 0 Å². The fourth-order valence-corrected chi connectivity index (χ4v) is 2.51. The van der Waals surface area contributed by atoms with Gasteiger partial charge in [-0.3, -0.25) is 4.79 Å². The molecule has 1 amide bonds. The molecule has 2 heterocycles. The Bertz CT molecular complexity index is 866. The number of carbonyl (C=O) groups excluding carboxylic acids is 1. The van der Waals surface area contributed by atoms with Crippen LogP contribution in [0.1, 0.15) is 21.5 Å².